The molecule has 2 amide bonds. The van der Waals surface area contributed by atoms with Crippen molar-refractivity contribution in [2.75, 3.05) is 25.5 Å². The molecule has 0 saturated carbocycles. The van der Waals surface area contributed by atoms with Gasteiger partial charge >= 0.3 is 0 Å². The summed E-state index contributed by atoms with van der Waals surface area (Å²) >= 11 is 0. The van der Waals surface area contributed by atoms with Gasteiger partial charge in [0.1, 0.15) is 0 Å². The van der Waals surface area contributed by atoms with Crippen molar-refractivity contribution in [3.8, 4) is 0 Å². The maximum absolute atomic E-state index is 12.8. The number of benzene rings is 2. The van der Waals surface area contributed by atoms with Gasteiger partial charge in [0.15, 0.2) is 0 Å². The zero-order valence-electron chi connectivity index (χ0n) is 19.3. The Balaban J connectivity index is 1.61. The van der Waals surface area contributed by atoms with Gasteiger partial charge in [-0.15, -0.1) is 0 Å². The molecule has 0 aliphatic rings. The quantitative estimate of drug-likeness (QED) is 0.432. The average molecular weight is 446 g/mol. The summed E-state index contributed by atoms with van der Waals surface area (Å²) < 4.78 is 0. The van der Waals surface area contributed by atoms with Crippen LogP contribution in [0.5, 0.6) is 0 Å². The predicted octanol–water partition coefficient (Wildman–Crippen LogP) is 4.71. The van der Waals surface area contributed by atoms with Crippen LogP contribution >= 0.6 is 0 Å². The Bertz CT molecular complexity index is 970. The number of nitrogens with one attached hydrogen (secondary N) is 1. The van der Waals surface area contributed by atoms with Crippen LogP contribution < -0.4 is 10.2 Å². The summed E-state index contributed by atoms with van der Waals surface area (Å²) in [6.45, 7) is 0.689. The molecule has 7 heteroatoms. The molecule has 172 valence electrons. The van der Waals surface area contributed by atoms with Crippen LogP contribution in [0.1, 0.15) is 42.5 Å². The third kappa shape index (κ3) is 6.87. The Morgan fingerprint density at radius 1 is 0.818 bits per heavy atom. The minimum atomic E-state index is -0.00543. The fourth-order valence-corrected chi connectivity index (χ4v) is 3.55. The predicted molar refractivity (Wildman–Crippen MR) is 131 cm³/mol. The molecule has 0 spiro atoms. The van der Waals surface area contributed by atoms with Crippen LogP contribution in [0.15, 0.2) is 73.1 Å². The number of rotatable bonds is 11. The van der Waals surface area contributed by atoms with Gasteiger partial charge in [0.25, 0.3) is 5.91 Å². The average Bonchev–Trinajstić information content (AvgIpc) is 2.87. The standard InChI is InChI=1S/C26H31N5O2/c1-27-24(32)13-8-3-4-9-20-30(2)25(33)21-14-16-23(17-15-21)31(22-11-6-5-7-12-22)26-28-18-10-19-29-26/h5-7,10-12,14-19H,3-4,8-9,13,20H2,1-2H3,(H,27,32). The number of unbranched alkanes of at least 4 members (excludes halogenated alkanes) is 3. The molecule has 0 atom stereocenters. The van der Waals surface area contributed by atoms with Gasteiger partial charge in [-0.05, 0) is 55.3 Å². The number of anilines is 3. The van der Waals surface area contributed by atoms with Gasteiger partial charge in [-0.3, -0.25) is 14.5 Å². The minimum Gasteiger partial charge on any atom is -0.359 e. The summed E-state index contributed by atoms with van der Waals surface area (Å²) in [5.41, 5.74) is 2.46. The van der Waals surface area contributed by atoms with E-state index < -0.39 is 0 Å². The molecule has 2 aromatic carbocycles. The first kappa shape index (κ1) is 23.9. The van der Waals surface area contributed by atoms with Crippen molar-refractivity contribution in [3.63, 3.8) is 0 Å². The lowest BCUT2D eigenvalue weighted by Gasteiger charge is -2.23. The second-order valence-electron chi connectivity index (χ2n) is 7.83. The van der Waals surface area contributed by atoms with Crippen molar-refractivity contribution in [1.29, 1.82) is 0 Å². The Labute approximate surface area is 195 Å². The first-order valence-electron chi connectivity index (χ1n) is 11.3. The number of carbonyl (C=O) groups excluding carboxylic acids is 2. The Kier molecular flexibility index (Phi) is 8.94. The molecule has 0 radical (unpaired) electrons. The van der Waals surface area contributed by atoms with Crippen LogP contribution in [0.4, 0.5) is 17.3 Å². The van der Waals surface area contributed by atoms with E-state index in [2.05, 4.69) is 15.3 Å². The first-order chi connectivity index (χ1) is 16.1. The molecule has 0 unspecified atom stereocenters. The number of hydrogen-bond acceptors (Lipinski definition) is 5. The molecule has 0 bridgehead atoms. The zero-order valence-corrected chi connectivity index (χ0v) is 19.3. The third-order valence-corrected chi connectivity index (χ3v) is 5.41. The highest BCUT2D eigenvalue weighted by Gasteiger charge is 2.16. The molecule has 0 aliphatic heterocycles. The molecule has 3 aromatic rings. The van der Waals surface area contributed by atoms with Gasteiger partial charge in [0.2, 0.25) is 11.9 Å². The maximum atomic E-state index is 12.8. The molecule has 0 fully saturated rings. The Morgan fingerprint density at radius 3 is 2.12 bits per heavy atom. The van der Waals surface area contributed by atoms with Gasteiger partial charge in [0.05, 0.1) is 0 Å². The number of aromatic nitrogens is 2. The number of para-hydroxylation sites is 1. The first-order valence-corrected chi connectivity index (χ1v) is 11.3. The van der Waals surface area contributed by atoms with Crippen LogP contribution in [0, 0.1) is 0 Å². The fourth-order valence-electron chi connectivity index (χ4n) is 3.55. The molecule has 0 aliphatic carbocycles. The Hall–Kier alpha value is -3.74. The van der Waals surface area contributed by atoms with E-state index in [0.29, 0.717) is 24.5 Å². The van der Waals surface area contributed by atoms with Gasteiger partial charge in [0, 0.05) is 56.4 Å². The van der Waals surface area contributed by atoms with Crippen LogP contribution in [0.3, 0.4) is 0 Å². The zero-order chi connectivity index (χ0) is 23.5. The van der Waals surface area contributed by atoms with Gasteiger partial charge in [-0.25, -0.2) is 9.97 Å². The second kappa shape index (κ2) is 12.3. The molecule has 1 N–H and O–H groups in total. The van der Waals surface area contributed by atoms with Crippen LogP contribution in [0.25, 0.3) is 0 Å². The summed E-state index contributed by atoms with van der Waals surface area (Å²) in [5.74, 6) is 0.640. The van der Waals surface area contributed by atoms with Crippen molar-refractivity contribution in [1.82, 2.24) is 20.2 Å². The monoisotopic (exact) mass is 445 g/mol. The van der Waals surface area contributed by atoms with Crippen molar-refractivity contribution < 1.29 is 9.59 Å². The lowest BCUT2D eigenvalue weighted by atomic mass is 10.1. The summed E-state index contributed by atoms with van der Waals surface area (Å²) in [7, 11) is 3.49. The van der Waals surface area contributed by atoms with E-state index in [9.17, 15) is 9.59 Å². The molecular weight excluding hydrogens is 414 g/mol. The van der Waals surface area contributed by atoms with E-state index >= 15 is 0 Å². The number of nitrogens with zero attached hydrogens (tertiary/aromatic N) is 4. The lowest BCUT2D eigenvalue weighted by molar-refractivity contribution is -0.120. The molecular formula is C26H31N5O2. The van der Waals surface area contributed by atoms with Crippen LogP contribution in [-0.2, 0) is 4.79 Å². The molecule has 1 heterocycles. The van der Waals surface area contributed by atoms with Gasteiger partial charge < -0.3 is 10.2 Å². The van der Waals surface area contributed by atoms with E-state index in [1.165, 1.54) is 0 Å². The highest BCUT2D eigenvalue weighted by atomic mass is 16.2. The largest absolute Gasteiger partial charge is 0.359 e. The Morgan fingerprint density at radius 2 is 1.45 bits per heavy atom. The van der Waals surface area contributed by atoms with E-state index in [-0.39, 0.29) is 11.8 Å². The fraction of sp³-hybridized carbons (Fsp3) is 0.308. The smallest absolute Gasteiger partial charge is 0.253 e. The van der Waals surface area contributed by atoms with E-state index in [0.717, 1.165) is 37.1 Å². The van der Waals surface area contributed by atoms with Crippen molar-refractivity contribution in [2.24, 2.45) is 0 Å². The van der Waals surface area contributed by atoms with Gasteiger partial charge in [-0.2, -0.15) is 0 Å². The number of hydrogen-bond donors (Lipinski definition) is 1. The SMILES string of the molecule is CNC(=O)CCCCCCN(C)C(=O)c1ccc(N(c2ccccc2)c2ncccn2)cc1. The van der Waals surface area contributed by atoms with Crippen molar-refractivity contribution in [3.05, 3.63) is 78.6 Å². The number of carbonyl (C=O) groups is 2. The molecule has 0 saturated heterocycles. The van der Waals surface area contributed by atoms with Gasteiger partial charge in [-0.1, -0.05) is 31.0 Å². The lowest BCUT2D eigenvalue weighted by Crippen LogP contribution is -2.27. The van der Waals surface area contributed by atoms with E-state index in [4.69, 9.17) is 0 Å². The summed E-state index contributed by atoms with van der Waals surface area (Å²) in [4.78, 5) is 36.6. The topological polar surface area (TPSA) is 78.4 Å². The summed E-state index contributed by atoms with van der Waals surface area (Å²) in [6, 6.07) is 19.2. The maximum Gasteiger partial charge on any atom is 0.253 e. The highest BCUT2D eigenvalue weighted by Crippen LogP contribution is 2.31. The number of amides is 2. The second-order valence-corrected chi connectivity index (χ2v) is 7.83. The van der Waals surface area contributed by atoms with Crippen LogP contribution in [-0.4, -0.2) is 47.3 Å². The highest BCUT2D eigenvalue weighted by molar-refractivity contribution is 5.94. The molecule has 3 rings (SSSR count). The van der Waals surface area contributed by atoms with Crippen molar-refractivity contribution in [2.45, 2.75) is 32.1 Å². The summed E-state index contributed by atoms with van der Waals surface area (Å²) in [5, 5.41) is 2.63. The minimum absolute atomic E-state index is 0.00543. The molecule has 33 heavy (non-hydrogen) atoms. The van der Waals surface area contributed by atoms with Crippen molar-refractivity contribution >= 4 is 29.1 Å². The van der Waals surface area contributed by atoms with E-state index in [1.54, 1.807) is 30.4 Å². The third-order valence-electron chi connectivity index (χ3n) is 5.41. The van der Waals surface area contributed by atoms with Crippen LogP contribution in [0.2, 0.25) is 0 Å². The normalized spacial score (nSPS) is 10.5. The molecule has 1 aromatic heterocycles. The molecule has 7 nitrogen and oxygen atoms in total. The summed E-state index contributed by atoms with van der Waals surface area (Å²) in [6.07, 6.45) is 7.76. The van der Waals surface area contributed by atoms with E-state index in [1.807, 2.05) is 66.5 Å².